The lowest BCUT2D eigenvalue weighted by atomic mass is 9.58. The fourth-order valence-corrected chi connectivity index (χ4v) is 4.89. The van der Waals surface area contributed by atoms with Crippen LogP contribution in [0.2, 0.25) is 0 Å². The predicted molar refractivity (Wildman–Crippen MR) is 89.6 cm³/mol. The van der Waals surface area contributed by atoms with E-state index in [0.29, 0.717) is 5.57 Å². The minimum Gasteiger partial charge on any atom is -0.366 e. The molecule has 2 bridgehead atoms. The Bertz CT molecular complexity index is 652. The zero-order valence-electron chi connectivity index (χ0n) is 15.3. The number of ether oxygens (including phenoxy) is 2. The fraction of sp³-hybridized carbons (Fsp3) is 0.800. The Morgan fingerprint density at radius 1 is 0.958 bits per heavy atom. The molecule has 2 aliphatic heterocycles. The van der Waals surface area contributed by atoms with Gasteiger partial charge in [-0.25, -0.2) is 0 Å². The summed E-state index contributed by atoms with van der Waals surface area (Å²) in [6.07, 6.45) is 5.10. The van der Waals surface area contributed by atoms with E-state index in [2.05, 4.69) is 20.8 Å². The maximum absolute atomic E-state index is 13.0. The zero-order chi connectivity index (χ0) is 17.5. The second-order valence-electron chi connectivity index (χ2n) is 9.08. The molecule has 3 fully saturated rings. The average molecular weight is 332 g/mol. The van der Waals surface area contributed by atoms with Crippen LogP contribution >= 0.6 is 0 Å². The third-order valence-electron chi connectivity index (χ3n) is 7.67. The van der Waals surface area contributed by atoms with E-state index < -0.39 is 0 Å². The maximum Gasteiger partial charge on any atom is 0.190 e. The first-order chi connectivity index (χ1) is 11.1. The standard InChI is InChI=1S/C20H28O4/c1-11-13-10-14(21)12(2)18(11,3)8-9-19(4)15(23-19)6-7-20(5)17(24-20)16(13)22/h10-12,15,17H,6-9H2,1-5H3/t11-,12+,15-,17+,18+,19-,20+/m0/s1. The third kappa shape index (κ3) is 2.19. The van der Waals surface area contributed by atoms with Crippen molar-refractivity contribution in [1.29, 1.82) is 0 Å². The van der Waals surface area contributed by atoms with Gasteiger partial charge >= 0.3 is 0 Å². The lowest BCUT2D eigenvalue weighted by molar-refractivity contribution is -0.126. The molecule has 2 aliphatic carbocycles. The van der Waals surface area contributed by atoms with Crippen LogP contribution in [0.1, 0.15) is 60.3 Å². The Morgan fingerprint density at radius 3 is 2.38 bits per heavy atom. The fourth-order valence-electron chi connectivity index (χ4n) is 4.89. The average Bonchev–Trinajstić information content (AvgIpc) is 3.40. The normalized spacial score (nSPS) is 54.0. The van der Waals surface area contributed by atoms with Crippen LogP contribution in [0.3, 0.4) is 0 Å². The van der Waals surface area contributed by atoms with Crippen LogP contribution in [0.15, 0.2) is 11.6 Å². The van der Waals surface area contributed by atoms with Crippen LogP contribution in [0, 0.1) is 17.3 Å². The lowest BCUT2D eigenvalue weighted by Crippen LogP contribution is -2.44. The van der Waals surface area contributed by atoms with Gasteiger partial charge in [-0.3, -0.25) is 9.59 Å². The van der Waals surface area contributed by atoms with Crippen molar-refractivity contribution in [2.45, 2.75) is 83.7 Å². The predicted octanol–water partition coefficient (Wildman–Crippen LogP) is 3.23. The summed E-state index contributed by atoms with van der Waals surface area (Å²) in [5.74, 6) is 0.0963. The summed E-state index contributed by atoms with van der Waals surface area (Å²) in [6, 6.07) is 0. The lowest BCUT2D eigenvalue weighted by Gasteiger charge is -2.44. The van der Waals surface area contributed by atoms with Gasteiger partial charge in [-0.2, -0.15) is 0 Å². The number of carbonyl (C=O) groups is 2. The molecule has 2 heterocycles. The molecule has 0 amide bonds. The molecule has 0 aromatic heterocycles. The molecule has 4 aliphatic rings. The van der Waals surface area contributed by atoms with Crippen molar-refractivity contribution in [2.24, 2.45) is 17.3 Å². The molecule has 0 N–H and O–H groups in total. The summed E-state index contributed by atoms with van der Waals surface area (Å²) < 4.78 is 11.8. The molecule has 132 valence electrons. The molecular formula is C20H28O4. The highest BCUT2D eigenvalue weighted by atomic mass is 16.6. The summed E-state index contributed by atoms with van der Waals surface area (Å²) in [7, 11) is 0. The van der Waals surface area contributed by atoms with E-state index in [1.54, 1.807) is 6.08 Å². The Morgan fingerprint density at radius 2 is 1.67 bits per heavy atom. The summed E-state index contributed by atoms with van der Waals surface area (Å²) in [4.78, 5) is 25.6. The van der Waals surface area contributed by atoms with Crippen LogP contribution in [-0.4, -0.2) is 35.0 Å². The molecule has 0 radical (unpaired) electrons. The number of carbonyl (C=O) groups excluding carboxylic acids is 2. The van der Waals surface area contributed by atoms with Crippen LogP contribution in [-0.2, 0) is 19.1 Å². The third-order valence-corrected chi connectivity index (χ3v) is 7.67. The van der Waals surface area contributed by atoms with Gasteiger partial charge in [-0.05, 0) is 56.9 Å². The van der Waals surface area contributed by atoms with E-state index in [-0.39, 0.29) is 52.2 Å². The van der Waals surface area contributed by atoms with E-state index in [0.717, 1.165) is 25.7 Å². The number of hydrogen-bond donors (Lipinski definition) is 0. The van der Waals surface area contributed by atoms with E-state index in [9.17, 15) is 9.59 Å². The summed E-state index contributed by atoms with van der Waals surface area (Å²) >= 11 is 0. The number of hydrogen-bond acceptors (Lipinski definition) is 4. The number of allylic oxidation sites excluding steroid dienone is 1. The monoisotopic (exact) mass is 332 g/mol. The Balaban J connectivity index is 1.73. The van der Waals surface area contributed by atoms with E-state index in [1.165, 1.54) is 0 Å². The molecule has 4 heteroatoms. The van der Waals surface area contributed by atoms with E-state index in [4.69, 9.17) is 9.47 Å². The molecule has 1 saturated carbocycles. The summed E-state index contributed by atoms with van der Waals surface area (Å²) in [5, 5.41) is 0. The van der Waals surface area contributed by atoms with Gasteiger partial charge in [0.1, 0.15) is 11.7 Å². The Labute approximate surface area is 144 Å². The highest BCUT2D eigenvalue weighted by Gasteiger charge is 2.62. The smallest absolute Gasteiger partial charge is 0.190 e. The first-order valence-corrected chi connectivity index (χ1v) is 9.26. The van der Waals surface area contributed by atoms with Gasteiger partial charge in [0.2, 0.25) is 0 Å². The summed E-state index contributed by atoms with van der Waals surface area (Å²) in [5.41, 5.74) is 0.0115. The Hall–Kier alpha value is -1.00. The van der Waals surface area contributed by atoms with Crippen LogP contribution < -0.4 is 0 Å². The molecular weight excluding hydrogens is 304 g/mol. The van der Waals surface area contributed by atoms with E-state index in [1.807, 2.05) is 13.8 Å². The van der Waals surface area contributed by atoms with Crippen LogP contribution in [0.25, 0.3) is 0 Å². The van der Waals surface area contributed by atoms with Crippen molar-refractivity contribution in [1.82, 2.24) is 0 Å². The number of fused-ring (bicyclic) bond motifs is 4. The van der Waals surface area contributed by atoms with Crippen molar-refractivity contribution in [2.75, 3.05) is 0 Å². The zero-order valence-corrected chi connectivity index (χ0v) is 15.3. The molecule has 2 saturated heterocycles. The summed E-state index contributed by atoms with van der Waals surface area (Å²) in [6.45, 7) is 10.5. The van der Waals surface area contributed by atoms with Crippen LogP contribution in [0.4, 0.5) is 0 Å². The number of ketones is 2. The highest BCUT2D eigenvalue weighted by molar-refractivity contribution is 6.08. The molecule has 0 spiro atoms. The SMILES string of the molecule is C[C@@H]1C(=O)C=C2C(=O)[C@H]3O[C@]3(C)CC[C@@H]3O[C@@]3(C)CC[C@]1(C)[C@H]2C. The molecule has 7 atom stereocenters. The van der Waals surface area contributed by atoms with Crippen molar-refractivity contribution >= 4 is 11.6 Å². The quantitative estimate of drug-likeness (QED) is 0.639. The first kappa shape index (κ1) is 16.5. The Kier molecular flexibility index (Phi) is 3.29. The molecule has 0 aromatic carbocycles. The van der Waals surface area contributed by atoms with E-state index >= 15 is 0 Å². The van der Waals surface area contributed by atoms with Crippen molar-refractivity contribution < 1.29 is 19.1 Å². The molecule has 4 nitrogen and oxygen atoms in total. The van der Waals surface area contributed by atoms with Gasteiger partial charge in [-0.1, -0.05) is 20.8 Å². The van der Waals surface area contributed by atoms with Gasteiger partial charge in [0.15, 0.2) is 11.6 Å². The maximum atomic E-state index is 13.0. The number of Topliss-reactive ketones (excluding diaryl/α,β-unsaturated/α-hetero) is 1. The van der Waals surface area contributed by atoms with Gasteiger partial charge < -0.3 is 9.47 Å². The van der Waals surface area contributed by atoms with Gasteiger partial charge in [0.05, 0.1) is 11.7 Å². The molecule has 24 heavy (non-hydrogen) atoms. The number of rotatable bonds is 0. The topological polar surface area (TPSA) is 59.2 Å². The first-order valence-electron chi connectivity index (χ1n) is 9.26. The minimum atomic E-state index is -0.388. The molecule has 0 unspecified atom stereocenters. The minimum absolute atomic E-state index is 0.0246. The van der Waals surface area contributed by atoms with Crippen molar-refractivity contribution in [3.8, 4) is 0 Å². The second kappa shape index (κ2) is 4.79. The van der Waals surface area contributed by atoms with Crippen molar-refractivity contribution in [3.63, 3.8) is 0 Å². The highest BCUT2D eigenvalue weighted by Crippen LogP contribution is 2.55. The van der Waals surface area contributed by atoms with Gasteiger partial charge in [0, 0.05) is 11.5 Å². The van der Waals surface area contributed by atoms with Gasteiger partial charge in [-0.15, -0.1) is 0 Å². The van der Waals surface area contributed by atoms with Crippen LogP contribution in [0.5, 0.6) is 0 Å². The molecule has 4 rings (SSSR count). The largest absolute Gasteiger partial charge is 0.366 e. The second-order valence-corrected chi connectivity index (χ2v) is 9.08. The van der Waals surface area contributed by atoms with Gasteiger partial charge in [0.25, 0.3) is 0 Å². The number of epoxide rings is 2. The molecule has 0 aromatic rings. The van der Waals surface area contributed by atoms with Crippen molar-refractivity contribution in [3.05, 3.63) is 11.6 Å².